The van der Waals surface area contributed by atoms with Gasteiger partial charge in [-0.3, -0.25) is 9.59 Å². The van der Waals surface area contributed by atoms with Crippen LogP contribution in [0.4, 0.5) is 0 Å². The van der Waals surface area contributed by atoms with Crippen molar-refractivity contribution in [2.45, 2.75) is 217 Å². The molecule has 452 valence electrons. The fourth-order valence-electron chi connectivity index (χ4n) is 9.84. The van der Waals surface area contributed by atoms with E-state index in [0.717, 1.165) is 13.8 Å². The van der Waals surface area contributed by atoms with Crippen molar-refractivity contribution < 1.29 is 164 Å². The predicted molar refractivity (Wildman–Crippen MR) is 238 cm³/mol. The van der Waals surface area contributed by atoms with E-state index in [-0.39, 0.29) is 0 Å². The first-order valence-electron chi connectivity index (χ1n) is 24.6. The van der Waals surface area contributed by atoms with E-state index in [1.54, 1.807) is 0 Å². The van der Waals surface area contributed by atoms with Crippen LogP contribution in [-0.4, -0.2) is 338 Å². The van der Waals surface area contributed by atoms with Crippen LogP contribution in [0.1, 0.15) is 27.2 Å². The van der Waals surface area contributed by atoms with Gasteiger partial charge in [0, 0.05) is 20.3 Å². The molecular weight excluding hydrogens is 1070 g/mol. The number of rotatable bonds is 20. The second kappa shape index (κ2) is 27.1. The number of carboxylic acids is 1. The summed E-state index contributed by atoms with van der Waals surface area (Å²) < 4.78 is 62.8. The summed E-state index contributed by atoms with van der Waals surface area (Å²) in [6, 6.07) is -3.52. The van der Waals surface area contributed by atoms with Gasteiger partial charge in [-0.2, -0.15) is 0 Å². The maximum absolute atomic E-state index is 13.0. The highest BCUT2D eigenvalue weighted by molar-refractivity contribution is 5.76. The Morgan fingerprint density at radius 3 is 1.64 bits per heavy atom. The van der Waals surface area contributed by atoms with Crippen LogP contribution in [-0.2, 0) is 66.5 Å². The van der Waals surface area contributed by atoms with Crippen LogP contribution in [0.25, 0.3) is 0 Å². The van der Waals surface area contributed by atoms with E-state index < -0.39 is 247 Å². The van der Waals surface area contributed by atoms with Gasteiger partial charge in [0.2, 0.25) is 11.8 Å². The molecule has 0 aromatic carbocycles. The van der Waals surface area contributed by atoms with Crippen molar-refractivity contribution in [3.8, 4) is 0 Å². The predicted octanol–water partition coefficient (Wildman–Crippen LogP) is -13.6. The highest BCUT2D eigenvalue weighted by Crippen LogP contribution is 2.38. The van der Waals surface area contributed by atoms with Crippen molar-refractivity contribution in [3.05, 3.63) is 0 Å². The van der Waals surface area contributed by atoms with Gasteiger partial charge >= 0.3 is 5.97 Å². The zero-order valence-corrected chi connectivity index (χ0v) is 41.8. The van der Waals surface area contributed by atoms with Crippen molar-refractivity contribution >= 4 is 17.8 Å². The molecule has 31 atom stereocenters. The first-order chi connectivity index (χ1) is 36.6. The molecule has 2 amide bonds. The lowest BCUT2D eigenvalue weighted by molar-refractivity contribution is -0.394. The van der Waals surface area contributed by atoms with Crippen molar-refractivity contribution in [1.29, 1.82) is 0 Å². The van der Waals surface area contributed by atoms with Crippen LogP contribution in [0.15, 0.2) is 0 Å². The van der Waals surface area contributed by atoms with Gasteiger partial charge in [0.05, 0.1) is 51.3 Å². The molecule has 0 aromatic heterocycles. The summed E-state index contributed by atoms with van der Waals surface area (Å²) in [6.45, 7) is -2.18. The summed E-state index contributed by atoms with van der Waals surface area (Å²) in [6.07, 6.45) is -56.7. The summed E-state index contributed by atoms with van der Waals surface area (Å²) in [5, 5.41) is 208. The minimum absolute atomic E-state index is 0.809. The normalized spacial score (nSPS) is 48.1. The highest BCUT2D eigenvalue weighted by Gasteiger charge is 2.60. The van der Waals surface area contributed by atoms with Crippen LogP contribution in [0.2, 0.25) is 0 Å². The fourth-order valence-corrected chi connectivity index (χ4v) is 9.84. The van der Waals surface area contributed by atoms with Gasteiger partial charge in [-0.25, -0.2) is 4.79 Å². The van der Waals surface area contributed by atoms with E-state index in [1.807, 2.05) is 0 Å². The van der Waals surface area contributed by atoms with Crippen molar-refractivity contribution in [1.82, 2.24) is 10.6 Å². The molecule has 35 nitrogen and oxygen atoms in total. The molecule has 0 aliphatic carbocycles. The molecule has 21 N–H and O–H groups in total. The van der Waals surface area contributed by atoms with Crippen LogP contribution in [0, 0.1) is 0 Å². The number of aliphatic hydroxyl groups is 18. The van der Waals surface area contributed by atoms with Gasteiger partial charge < -0.3 is 160 Å². The number of nitrogens with one attached hydrogen (secondary N) is 2. The van der Waals surface area contributed by atoms with E-state index in [0.29, 0.717) is 0 Å². The van der Waals surface area contributed by atoms with Crippen molar-refractivity contribution in [3.63, 3.8) is 0 Å². The second-order valence-corrected chi connectivity index (χ2v) is 19.7. The van der Waals surface area contributed by atoms with Crippen LogP contribution in [0.3, 0.4) is 0 Å². The minimum atomic E-state index is -3.05. The second-order valence-electron chi connectivity index (χ2n) is 19.7. The maximum Gasteiger partial charge on any atom is 0.364 e. The fraction of sp³-hybridized carbons (Fsp3) is 0.930. The van der Waals surface area contributed by atoms with Crippen LogP contribution >= 0.6 is 0 Å². The highest BCUT2D eigenvalue weighted by atomic mass is 16.8. The quantitative estimate of drug-likeness (QED) is 0.0538. The molecule has 6 heterocycles. The average Bonchev–Trinajstić information content (AvgIpc) is 3.47. The van der Waals surface area contributed by atoms with Gasteiger partial charge in [-0.1, -0.05) is 0 Å². The summed E-state index contributed by atoms with van der Waals surface area (Å²) in [5.74, 6) is -6.78. The smallest absolute Gasteiger partial charge is 0.364 e. The first kappa shape index (κ1) is 64.4. The number of ether oxygens (including phenoxy) is 11. The molecule has 0 radical (unpaired) electrons. The van der Waals surface area contributed by atoms with Crippen molar-refractivity contribution in [2.75, 3.05) is 33.0 Å². The number of aliphatic carboxylic acids is 1. The summed E-state index contributed by atoms with van der Waals surface area (Å²) in [7, 11) is 0. The summed E-state index contributed by atoms with van der Waals surface area (Å²) in [5.41, 5.74) is 0. The Morgan fingerprint density at radius 2 is 1.05 bits per heavy atom. The molecule has 0 saturated carbocycles. The zero-order chi connectivity index (χ0) is 58.0. The van der Waals surface area contributed by atoms with E-state index in [1.165, 1.54) is 6.92 Å². The van der Waals surface area contributed by atoms with Crippen LogP contribution < -0.4 is 10.6 Å². The minimum Gasteiger partial charge on any atom is -0.477 e. The number of amides is 2. The van der Waals surface area contributed by atoms with Gasteiger partial charge in [0.25, 0.3) is 5.79 Å². The molecule has 6 saturated heterocycles. The Kier molecular flexibility index (Phi) is 22.4. The molecule has 0 unspecified atom stereocenters. The largest absolute Gasteiger partial charge is 0.477 e. The molecule has 0 spiro atoms. The lowest BCUT2D eigenvalue weighted by Crippen LogP contribution is -2.70. The number of carboxylic acid groups (broad SMARTS) is 1. The lowest BCUT2D eigenvalue weighted by Gasteiger charge is -2.51. The van der Waals surface area contributed by atoms with E-state index in [2.05, 4.69) is 10.6 Å². The molecule has 78 heavy (non-hydrogen) atoms. The third-order valence-corrected chi connectivity index (χ3v) is 14.2. The lowest BCUT2D eigenvalue weighted by atomic mass is 9.88. The van der Waals surface area contributed by atoms with Gasteiger partial charge in [-0.05, 0) is 6.92 Å². The van der Waals surface area contributed by atoms with Crippen LogP contribution in [0.5, 0.6) is 0 Å². The number of hydrogen-bond acceptors (Lipinski definition) is 32. The monoisotopic (exact) mass is 1140 g/mol. The Morgan fingerprint density at radius 1 is 0.538 bits per heavy atom. The molecular formula is C43H72N2O33. The topological polar surface area (TPSA) is 561 Å². The van der Waals surface area contributed by atoms with Gasteiger partial charge in [0.15, 0.2) is 31.5 Å². The number of hydrogen-bond donors (Lipinski definition) is 21. The molecule has 6 aliphatic heterocycles. The van der Waals surface area contributed by atoms with Gasteiger partial charge in [0.1, 0.15) is 134 Å². The maximum atomic E-state index is 13.0. The molecule has 0 aromatic rings. The average molecular weight is 1150 g/mol. The zero-order valence-electron chi connectivity index (χ0n) is 41.8. The third-order valence-electron chi connectivity index (χ3n) is 14.2. The third kappa shape index (κ3) is 13.7. The standard InChI is InChI=1S/C43H72N2O33/c1-10-21(54)26(59)30(63)39(69-10)77-36-27(60)23(56)18(9-68-43(42(66)67)4-13(52)19(44-11(2)50)34(78-43)22(55)14(53)5-46)73-41(36)75-32-17(8-49)72-38(20(25(32)58)45-12(3)51)76-35-24(57)15(6-47)71-40(31(35)64)74-33-16(7-48)70-37(65)29(62)28(33)61/h10,13-41,46-49,52-65H,4-9H2,1-3H3,(H,44,50)(H,45,51)(H,66,67)/t10-,13-,14+,15+,16+,17+,18+,19+,20+,21+,22+,23-,24-,25+,26+,27-,28+,29+,30-,31+,32+,33+,34+,35-,36+,37+,38-,39-,40-,41-,43+/m0/s1. The van der Waals surface area contributed by atoms with E-state index in [4.69, 9.17) is 52.1 Å². The van der Waals surface area contributed by atoms with E-state index in [9.17, 15) is 111 Å². The molecule has 35 heteroatoms. The number of carbonyl (C=O) groups is 3. The summed E-state index contributed by atoms with van der Waals surface area (Å²) in [4.78, 5) is 37.8. The number of aliphatic hydroxyl groups excluding tert-OH is 18. The number of carbonyl (C=O) groups excluding carboxylic acids is 2. The molecule has 0 bridgehead atoms. The SMILES string of the molecule is CC(=O)N[C@H]1[C@H](O[C@H]2[C@@H](O)[C@@H](CO)O[C@@H](O[C@H]3[C@H](O)[C@@H](O)[C@H](O)O[C@@H]3CO)[C@@H]2O)O[C@H](CO)[C@@H](O[C@@H]2O[C@H](CO[C@]3(C(=O)O)C[C@H](O)[C@@H](NC(C)=O)[C@H]([C@H](O)[C@H](O)CO)O3)[C@H](O)[C@H](O)[C@H]2O[C@@H]2O[C@@H](C)[C@@H](O)[C@@H](O)[C@@H]2O)[C@@H]1O. The Labute approximate surface area is 441 Å². The van der Waals surface area contributed by atoms with E-state index >= 15 is 0 Å². The Hall–Kier alpha value is -2.75. The first-order valence-corrected chi connectivity index (χ1v) is 24.6. The van der Waals surface area contributed by atoms with Gasteiger partial charge in [-0.15, -0.1) is 0 Å². The Balaban J connectivity index is 1.30. The molecule has 6 fully saturated rings. The Bertz CT molecular complexity index is 1950. The summed E-state index contributed by atoms with van der Waals surface area (Å²) >= 11 is 0. The molecule has 6 aliphatic rings. The molecule has 6 rings (SSSR count). The van der Waals surface area contributed by atoms with Crippen molar-refractivity contribution in [2.24, 2.45) is 0 Å².